The molecule has 108 valence electrons. The minimum Gasteiger partial charge on any atom is -0.494 e. The number of rotatable bonds is 6. The smallest absolute Gasteiger partial charge is 0.119 e. The molecule has 0 spiro atoms. The van der Waals surface area contributed by atoms with E-state index in [0.717, 1.165) is 32.0 Å². The van der Waals surface area contributed by atoms with Gasteiger partial charge in [0.15, 0.2) is 0 Å². The quantitative estimate of drug-likeness (QED) is 0.710. The Hall–Kier alpha value is -1.80. The lowest BCUT2D eigenvalue weighted by molar-refractivity contribution is 0.121. The Morgan fingerprint density at radius 3 is 1.95 bits per heavy atom. The van der Waals surface area contributed by atoms with Gasteiger partial charge in [-0.25, -0.2) is 0 Å². The number of para-hydroxylation sites is 1. The summed E-state index contributed by atoms with van der Waals surface area (Å²) in [7, 11) is 0. The molecule has 0 unspecified atom stereocenters. The van der Waals surface area contributed by atoms with Gasteiger partial charge < -0.3 is 9.47 Å². The maximum atomic E-state index is 5.37. The van der Waals surface area contributed by atoms with Crippen molar-refractivity contribution in [2.24, 2.45) is 0 Å². The monoisotopic (exact) mass is 272 g/mol. The Morgan fingerprint density at radius 1 is 0.800 bits per heavy atom. The van der Waals surface area contributed by atoms with Crippen molar-refractivity contribution in [3.63, 3.8) is 0 Å². The SMILES string of the molecule is CCCOCc1ccccc1.CCOc1ccccc1. The lowest BCUT2D eigenvalue weighted by Crippen LogP contribution is -1.92. The van der Waals surface area contributed by atoms with Crippen LogP contribution in [0.15, 0.2) is 60.7 Å². The average Bonchev–Trinajstić information content (AvgIpc) is 2.51. The van der Waals surface area contributed by atoms with E-state index in [9.17, 15) is 0 Å². The third kappa shape index (κ3) is 7.59. The summed E-state index contributed by atoms with van der Waals surface area (Å²) >= 11 is 0. The van der Waals surface area contributed by atoms with Gasteiger partial charge in [0.25, 0.3) is 0 Å². The van der Waals surface area contributed by atoms with E-state index in [0.29, 0.717) is 0 Å². The van der Waals surface area contributed by atoms with Gasteiger partial charge in [-0.15, -0.1) is 0 Å². The van der Waals surface area contributed by atoms with Gasteiger partial charge in [0.1, 0.15) is 5.75 Å². The first-order chi connectivity index (χ1) is 9.86. The van der Waals surface area contributed by atoms with Crippen LogP contribution in [0.2, 0.25) is 0 Å². The highest BCUT2D eigenvalue weighted by Crippen LogP contribution is 2.06. The van der Waals surface area contributed by atoms with Crippen molar-refractivity contribution in [1.82, 2.24) is 0 Å². The topological polar surface area (TPSA) is 18.5 Å². The number of hydrogen-bond donors (Lipinski definition) is 0. The molecule has 0 heterocycles. The molecule has 0 saturated carbocycles. The summed E-state index contributed by atoms with van der Waals surface area (Å²) in [5.41, 5.74) is 1.25. The van der Waals surface area contributed by atoms with Gasteiger partial charge in [-0.2, -0.15) is 0 Å². The van der Waals surface area contributed by atoms with Gasteiger partial charge in [0.05, 0.1) is 13.2 Å². The van der Waals surface area contributed by atoms with Gasteiger partial charge in [0, 0.05) is 6.61 Å². The molecule has 2 rings (SSSR count). The molecule has 20 heavy (non-hydrogen) atoms. The Balaban J connectivity index is 0.000000204. The summed E-state index contributed by atoms with van der Waals surface area (Å²) in [4.78, 5) is 0. The fourth-order valence-electron chi connectivity index (χ4n) is 1.59. The minimum absolute atomic E-state index is 0.740. The van der Waals surface area contributed by atoms with E-state index in [2.05, 4.69) is 19.1 Å². The second-order valence-electron chi connectivity index (χ2n) is 4.28. The largest absolute Gasteiger partial charge is 0.494 e. The molecule has 2 aromatic carbocycles. The van der Waals surface area contributed by atoms with E-state index in [1.54, 1.807) is 0 Å². The first-order valence-electron chi connectivity index (χ1n) is 7.16. The minimum atomic E-state index is 0.740. The van der Waals surface area contributed by atoms with Crippen LogP contribution in [-0.4, -0.2) is 13.2 Å². The summed E-state index contributed by atoms with van der Waals surface area (Å²) < 4.78 is 10.6. The van der Waals surface area contributed by atoms with E-state index in [4.69, 9.17) is 9.47 Å². The molecular weight excluding hydrogens is 248 g/mol. The predicted molar refractivity (Wildman–Crippen MR) is 84.0 cm³/mol. The molecule has 0 N–H and O–H groups in total. The standard InChI is InChI=1S/C10H14O.C8H10O/c1-2-8-11-9-10-6-4-3-5-7-10;1-2-9-8-6-4-3-5-7-8/h3-7H,2,8-9H2,1H3;3-7H,2H2,1H3. The van der Waals surface area contributed by atoms with Crippen LogP contribution in [0, 0.1) is 0 Å². The molecule has 0 aromatic heterocycles. The van der Waals surface area contributed by atoms with Gasteiger partial charge in [-0.1, -0.05) is 55.5 Å². The van der Waals surface area contributed by atoms with Crippen LogP contribution in [0.3, 0.4) is 0 Å². The Kier molecular flexibility index (Phi) is 8.99. The maximum Gasteiger partial charge on any atom is 0.119 e. The van der Waals surface area contributed by atoms with Crippen LogP contribution >= 0.6 is 0 Å². The zero-order valence-corrected chi connectivity index (χ0v) is 12.4. The maximum absolute atomic E-state index is 5.37. The van der Waals surface area contributed by atoms with Crippen molar-refractivity contribution in [3.05, 3.63) is 66.2 Å². The van der Waals surface area contributed by atoms with Gasteiger partial charge in [0.2, 0.25) is 0 Å². The zero-order valence-electron chi connectivity index (χ0n) is 12.4. The fraction of sp³-hybridized carbons (Fsp3) is 0.333. The summed E-state index contributed by atoms with van der Waals surface area (Å²) in [5.74, 6) is 0.944. The molecule has 0 aliphatic heterocycles. The molecule has 0 atom stereocenters. The normalized spacial score (nSPS) is 9.50. The lowest BCUT2D eigenvalue weighted by atomic mass is 10.2. The number of ether oxygens (including phenoxy) is 2. The first-order valence-corrected chi connectivity index (χ1v) is 7.16. The van der Waals surface area contributed by atoms with Crippen molar-refractivity contribution in [2.45, 2.75) is 26.9 Å². The summed E-state index contributed by atoms with van der Waals surface area (Å²) in [6, 6.07) is 20.0. The molecule has 0 bridgehead atoms. The second-order valence-corrected chi connectivity index (χ2v) is 4.28. The molecule has 2 heteroatoms. The van der Waals surface area contributed by atoms with E-state index in [-0.39, 0.29) is 0 Å². The van der Waals surface area contributed by atoms with Crippen LogP contribution in [0.4, 0.5) is 0 Å². The molecule has 0 aliphatic rings. The van der Waals surface area contributed by atoms with Crippen molar-refractivity contribution >= 4 is 0 Å². The highest BCUT2D eigenvalue weighted by atomic mass is 16.5. The van der Waals surface area contributed by atoms with Crippen LogP contribution in [0.1, 0.15) is 25.8 Å². The van der Waals surface area contributed by atoms with Gasteiger partial charge in [-0.3, -0.25) is 0 Å². The predicted octanol–water partition coefficient (Wildman–Crippen LogP) is 4.70. The van der Waals surface area contributed by atoms with Crippen LogP contribution < -0.4 is 4.74 Å². The fourth-order valence-corrected chi connectivity index (χ4v) is 1.59. The van der Waals surface area contributed by atoms with Crippen molar-refractivity contribution < 1.29 is 9.47 Å². The van der Waals surface area contributed by atoms with Crippen LogP contribution in [0.25, 0.3) is 0 Å². The van der Waals surface area contributed by atoms with Crippen LogP contribution in [0.5, 0.6) is 5.75 Å². The van der Waals surface area contributed by atoms with E-state index >= 15 is 0 Å². The molecule has 0 aliphatic carbocycles. The average molecular weight is 272 g/mol. The summed E-state index contributed by atoms with van der Waals surface area (Å²) in [6.45, 7) is 6.44. The Bertz CT molecular complexity index is 426. The molecule has 0 fully saturated rings. The van der Waals surface area contributed by atoms with Gasteiger partial charge >= 0.3 is 0 Å². The van der Waals surface area contributed by atoms with E-state index in [1.165, 1.54) is 5.56 Å². The third-order valence-electron chi connectivity index (χ3n) is 2.51. The van der Waals surface area contributed by atoms with Crippen molar-refractivity contribution in [3.8, 4) is 5.75 Å². The molecule has 2 nitrogen and oxygen atoms in total. The lowest BCUT2D eigenvalue weighted by Gasteiger charge is -2.00. The van der Waals surface area contributed by atoms with E-state index < -0.39 is 0 Å². The van der Waals surface area contributed by atoms with Gasteiger partial charge in [-0.05, 0) is 31.0 Å². The van der Waals surface area contributed by atoms with E-state index in [1.807, 2.05) is 55.5 Å². The van der Waals surface area contributed by atoms with Crippen molar-refractivity contribution in [2.75, 3.05) is 13.2 Å². The molecule has 0 amide bonds. The highest BCUT2D eigenvalue weighted by Gasteiger charge is 1.88. The zero-order chi connectivity index (χ0) is 14.5. The summed E-state index contributed by atoms with van der Waals surface area (Å²) in [6.07, 6.45) is 1.09. The molecule has 0 saturated heterocycles. The molecule has 2 aromatic rings. The highest BCUT2D eigenvalue weighted by molar-refractivity contribution is 5.20. The molecule has 0 radical (unpaired) electrons. The number of hydrogen-bond acceptors (Lipinski definition) is 2. The Morgan fingerprint density at radius 2 is 1.40 bits per heavy atom. The third-order valence-corrected chi connectivity index (χ3v) is 2.51. The van der Waals surface area contributed by atoms with Crippen LogP contribution in [-0.2, 0) is 11.3 Å². The number of benzene rings is 2. The Labute approximate surface area is 122 Å². The summed E-state index contributed by atoms with van der Waals surface area (Å²) in [5, 5.41) is 0. The van der Waals surface area contributed by atoms with Crippen molar-refractivity contribution in [1.29, 1.82) is 0 Å². The first kappa shape index (κ1) is 16.3. The molecular formula is C18H24O2. The second kappa shape index (κ2) is 11.1.